The summed E-state index contributed by atoms with van der Waals surface area (Å²) in [5.74, 6) is 0.552. The highest BCUT2D eigenvalue weighted by Gasteiger charge is 2.42. The van der Waals surface area contributed by atoms with Gasteiger partial charge in [0.15, 0.2) is 0 Å². The molecule has 4 rings (SSSR count). The number of pyridine rings is 1. The molecule has 2 aromatic heterocycles. The van der Waals surface area contributed by atoms with Gasteiger partial charge in [-0.3, -0.25) is 9.78 Å². The highest BCUT2D eigenvalue weighted by molar-refractivity contribution is 5.81. The minimum atomic E-state index is 0.0153. The van der Waals surface area contributed by atoms with E-state index in [4.69, 9.17) is 0 Å². The van der Waals surface area contributed by atoms with E-state index in [0.29, 0.717) is 18.7 Å². The van der Waals surface area contributed by atoms with E-state index in [9.17, 15) is 10.1 Å². The van der Waals surface area contributed by atoms with Crippen molar-refractivity contribution in [1.82, 2.24) is 19.4 Å². The molecule has 2 aromatic rings. The first-order valence-electron chi connectivity index (χ1n) is 8.95. The number of carbonyl (C=O) groups is 1. The van der Waals surface area contributed by atoms with Crippen LogP contribution in [0.3, 0.4) is 0 Å². The Morgan fingerprint density at radius 2 is 2.15 bits per heavy atom. The standard InChI is InChI=1S/C19H22N6O/c1-12-5-16(14(6-20)7-21-12)23-18-10-25(19(26)13-3-4-13)8-15(18)17-9-24(2)11-22-17/h5,7,9,11,13,15,18H,3-4,8,10H2,1-2H3,(H,21,23)/t15-,18+/m0/s1. The van der Waals surface area contributed by atoms with Gasteiger partial charge in [-0.2, -0.15) is 5.26 Å². The van der Waals surface area contributed by atoms with Crippen molar-refractivity contribution in [2.45, 2.75) is 31.7 Å². The van der Waals surface area contributed by atoms with E-state index < -0.39 is 0 Å². The third-order valence-corrected chi connectivity index (χ3v) is 5.16. The van der Waals surface area contributed by atoms with Crippen LogP contribution in [0.25, 0.3) is 0 Å². The first-order valence-corrected chi connectivity index (χ1v) is 8.95. The number of nitriles is 1. The Morgan fingerprint density at radius 3 is 2.81 bits per heavy atom. The van der Waals surface area contributed by atoms with Crippen molar-refractivity contribution in [2.75, 3.05) is 18.4 Å². The van der Waals surface area contributed by atoms with Crippen LogP contribution in [-0.4, -0.2) is 44.5 Å². The fourth-order valence-electron chi connectivity index (χ4n) is 3.61. The zero-order valence-corrected chi connectivity index (χ0v) is 15.0. The number of rotatable bonds is 4. The third-order valence-electron chi connectivity index (χ3n) is 5.16. The van der Waals surface area contributed by atoms with Gasteiger partial charge in [-0.25, -0.2) is 4.98 Å². The van der Waals surface area contributed by atoms with E-state index in [1.165, 1.54) is 0 Å². The highest BCUT2D eigenvalue weighted by Crippen LogP contribution is 2.36. The lowest BCUT2D eigenvalue weighted by molar-refractivity contribution is -0.131. The molecule has 7 nitrogen and oxygen atoms in total. The number of hydrogen-bond acceptors (Lipinski definition) is 5. The summed E-state index contributed by atoms with van der Waals surface area (Å²) in [5, 5.41) is 12.9. The number of imidazole rings is 1. The van der Waals surface area contributed by atoms with E-state index in [-0.39, 0.29) is 23.8 Å². The van der Waals surface area contributed by atoms with E-state index >= 15 is 0 Å². The van der Waals surface area contributed by atoms with Crippen LogP contribution >= 0.6 is 0 Å². The molecule has 2 aliphatic rings. The van der Waals surface area contributed by atoms with Crippen LogP contribution in [0.4, 0.5) is 5.69 Å². The van der Waals surface area contributed by atoms with E-state index in [2.05, 4.69) is 21.4 Å². The molecule has 1 aliphatic heterocycles. The largest absolute Gasteiger partial charge is 0.379 e. The van der Waals surface area contributed by atoms with Gasteiger partial charge in [0, 0.05) is 50.1 Å². The second-order valence-electron chi connectivity index (χ2n) is 7.32. The van der Waals surface area contributed by atoms with Crippen LogP contribution in [0.1, 0.15) is 35.7 Å². The normalized spacial score (nSPS) is 22.3. The quantitative estimate of drug-likeness (QED) is 0.909. The van der Waals surface area contributed by atoms with Gasteiger partial charge < -0.3 is 14.8 Å². The molecular weight excluding hydrogens is 328 g/mol. The number of hydrogen-bond donors (Lipinski definition) is 1. The number of carbonyl (C=O) groups excluding carboxylic acids is 1. The second kappa shape index (κ2) is 6.45. The highest BCUT2D eigenvalue weighted by atomic mass is 16.2. The topological polar surface area (TPSA) is 86.8 Å². The predicted molar refractivity (Wildman–Crippen MR) is 96.4 cm³/mol. The molecule has 26 heavy (non-hydrogen) atoms. The Labute approximate surface area is 152 Å². The Kier molecular flexibility index (Phi) is 4.11. The molecule has 1 saturated heterocycles. The summed E-state index contributed by atoms with van der Waals surface area (Å²) in [5.41, 5.74) is 3.11. The molecule has 0 aromatic carbocycles. The summed E-state index contributed by atoms with van der Waals surface area (Å²) in [7, 11) is 1.95. The Hall–Kier alpha value is -2.88. The average Bonchev–Trinajstić information content (AvgIpc) is 3.26. The molecule has 3 heterocycles. The average molecular weight is 350 g/mol. The Bertz CT molecular complexity index is 878. The van der Waals surface area contributed by atoms with Gasteiger partial charge >= 0.3 is 0 Å². The van der Waals surface area contributed by atoms with Crippen LogP contribution in [0.5, 0.6) is 0 Å². The summed E-state index contributed by atoms with van der Waals surface area (Å²) in [6.07, 6.45) is 7.39. The molecule has 0 spiro atoms. The molecule has 1 N–H and O–H groups in total. The molecule has 0 radical (unpaired) electrons. The first kappa shape index (κ1) is 16.6. The van der Waals surface area contributed by atoms with Crippen LogP contribution in [0.15, 0.2) is 24.8 Å². The SMILES string of the molecule is Cc1cc(N[C@@H]2CN(C(=O)C3CC3)C[C@H]2c2cn(C)cn2)c(C#N)cn1. The first-order chi connectivity index (χ1) is 12.5. The zero-order chi connectivity index (χ0) is 18.3. The molecule has 7 heteroatoms. The number of anilines is 1. The predicted octanol–water partition coefficient (Wildman–Crippen LogP) is 1.81. The zero-order valence-electron chi connectivity index (χ0n) is 15.0. The molecule has 0 unspecified atom stereocenters. The van der Waals surface area contributed by atoms with Crippen molar-refractivity contribution in [1.29, 1.82) is 5.26 Å². The van der Waals surface area contributed by atoms with Crippen LogP contribution in [-0.2, 0) is 11.8 Å². The van der Waals surface area contributed by atoms with Crippen LogP contribution in [0.2, 0.25) is 0 Å². The van der Waals surface area contributed by atoms with Gasteiger partial charge in [0.2, 0.25) is 5.91 Å². The van der Waals surface area contributed by atoms with Crippen molar-refractivity contribution in [2.24, 2.45) is 13.0 Å². The second-order valence-corrected chi connectivity index (χ2v) is 7.32. The maximum absolute atomic E-state index is 12.6. The monoisotopic (exact) mass is 350 g/mol. The Morgan fingerprint density at radius 1 is 1.35 bits per heavy atom. The summed E-state index contributed by atoms with van der Waals surface area (Å²) in [6.45, 7) is 3.19. The van der Waals surface area contributed by atoms with Gasteiger partial charge in [0.1, 0.15) is 6.07 Å². The molecule has 2 fully saturated rings. The summed E-state index contributed by atoms with van der Waals surface area (Å²) in [6, 6.07) is 4.10. The molecule has 1 saturated carbocycles. The van der Waals surface area contributed by atoms with E-state index in [1.54, 1.807) is 12.5 Å². The van der Waals surface area contributed by atoms with Gasteiger partial charge in [-0.15, -0.1) is 0 Å². The lowest BCUT2D eigenvalue weighted by Gasteiger charge is -2.20. The number of likely N-dealkylation sites (tertiary alicyclic amines) is 1. The van der Waals surface area contributed by atoms with Crippen LogP contribution < -0.4 is 5.32 Å². The molecule has 1 aliphatic carbocycles. The number of nitrogens with one attached hydrogen (secondary N) is 1. The number of nitrogens with zero attached hydrogens (tertiary/aromatic N) is 5. The molecule has 2 atom stereocenters. The van der Waals surface area contributed by atoms with Crippen molar-refractivity contribution in [3.05, 3.63) is 41.7 Å². The van der Waals surface area contributed by atoms with Crippen molar-refractivity contribution >= 4 is 11.6 Å². The van der Waals surface area contributed by atoms with Gasteiger partial charge in [-0.1, -0.05) is 0 Å². The maximum atomic E-state index is 12.6. The maximum Gasteiger partial charge on any atom is 0.225 e. The summed E-state index contributed by atoms with van der Waals surface area (Å²) in [4.78, 5) is 23.2. The van der Waals surface area contributed by atoms with E-state index in [1.807, 2.05) is 35.7 Å². The van der Waals surface area contributed by atoms with Gasteiger partial charge in [0.25, 0.3) is 0 Å². The lowest BCUT2D eigenvalue weighted by Crippen LogP contribution is -2.32. The van der Waals surface area contributed by atoms with Crippen molar-refractivity contribution in [3.8, 4) is 6.07 Å². The van der Waals surface area contributed by atoms with Crippen LogP contribution in [0, 0.1) is 24.2 Å². The Balaban J connectivity index is 1.62. The molecule has 0 bridgehead atoms. The summed E-state index contributed by atoms with van der Waals surface area (Å²) < 4.78 is 1.93. The van der Waals surface area contributed by atoms with Gasteiger partial charge in [0.05, 0.1) is 29.3 Å². The summed E-state index contributed by atoms with van der Waals surface area (Å²) >= 11 is 0. The van der Waals surface area contributed by atoms with Crippen molar-refractivity contribution < 1.29 is 4.79 Å². The van der Waals surface area contributed by atoms with Gasteiger partial charge in [-0.05, 0) is 25.8 Å². The minimum absolute atomic E-state index is 0.0153. The number of amides is 1. The fraction of sp³-hybridized carbons (Fsp3) is 0.474. The molecule has 1 amide bonds. The minimum Gasteiger partial charge on any atom is -0.379 e. The number of aromatic nitrogens is 3. The van der Waals surface area contributed by atoms with E-state index in [0.717, 1.165) is 29.9 Å². The number of aryl methyl sites for hydroxylation is 2. The van der Waals surface area contributed by atoms with Crippen molar-refractivity contribution in [3.63, 3.8) is 0 Å². The lowest BCUT2D eigenvalue weighted by atomic mass is 9.99. The smallest absolute Gasteiger partial charge is 0.225 e. The molecule has 134 valence electrons. The third kappa shape index (κ3) is 3.15. The fourth-order valence-corrected chi connectivity index (χ4v) is 3.61. The molecular formula is C19H22N6O.